The summed E-state index contributed by atoms with van der Waals surface area (Å²) in [5.41, 5.74) is 0. The summed E-state index contributed by atoms with van der Waals surface area (Å²) in [4.78, 5) is 10.9. The molecule has 1 saturated heterocycles. The van der Waals surface area contributed by atoms with Crippen LogP contribution in [-0.4, -0.2) is 12.6 Å². The smallest absolute Gasteiger partial charge is 0.312 e. The van der Waals surface area contributed by atoms with Crippen LogP contribution in [0.1, 0.15) is 19.8 Å². The van der Waals surface area contributed by atoms with Gasteiger partial charge in [0.2, 0.25) is 0 Å². The van der Waals surface area contributed by atoms with Gasteiger partial charge in [-0.1, -0.05) is 6.92 Å². The summed E-state index contributed by atoms with van der Waals surface area (Å²) < 4.78 is 4.86. The minimum Gasteiger partial charge on any atom is -0.465 e. The maximum absolute atomic E-state index is 10.9. The van der Waals surface area contributed by atoms with Crippen molar-refractivity contribution in [3.05, 3.63) is 0 Å². The monoisotopic (exact) mass is 126 g/mol. The minimum atomic E-state index is 0. The van der Waals surface area contributed by atoms with Crippen molar-refractivity contribution in [3.63, 3.8) is 0 Å². The SMILES string of the molecule is C[C@H]1CC12CCOC2=O. The van der Waals surface area contributed by atoms with E-state index in [2.05, 4.69) is 6.92 Å². The third kappa shape index (κ3) is 0.485. The molecule has 2 nitrogen and oxygen atoms in total. The lowest BCUT2D eigenvalue weighted by atomic mass is 10.0. The Morgan fingerprint density at radius 1 is 1.78 bits per heavy atom. The molecule has 1 saturated carbocycles. The Bertz CT molecular complexity index is 164. The van der Waals surface area contributed by atoms with Gasteiger partial charge in [-0.25, -0.2) is 0 Å². The highest BCUT2D eigenvalue weighted by atomic mass is 16.5. The van der Waals surface area contributed by atoms with Crippen molar-refractivity contribution >= 4 is 5.97 Å². The second-order valence-corrected chi connectivity index (χ2v) is 3.15. The molecule has 2 atom stereocenters. The topological polar surface area (TPSA) is 26.3 Å². The van der Waals surface area contributed by atoms with Gasteiger partial charge < -0.3 is 4.74 Å². The van der Waals surface area contributed by atoms with Crippen LogP contribution >= 0.6 is 0 Å². The van der Waals surface area contributed by atoms with Crippen LogP contribution in [0.25, 0.3) is 0 Å². The molecule has 1 aliphatic heterocycles. The fraction of sp³-hybridized carbons (Fsp3) is 0.857. The van der Waals surface area contributed by atoms with Gasteiger partial charge in [-0.3, -0.25) is 4.79 Å². The first kappa shape index (κ1) is 5.27. The van der Waals surface area contributed by atoms with Gasteiger partial charge in [-0.2, -0.15) is 0 Å². The molecule has 2 fully saturated rings. The average Bonchev–Trinajstić information content (AvgIpc) is 2.29. The maximum Gasteiger partial charge on any atom is 0.312 e. The zero-order valence-corrected chi connectivity index (χ0v) is 5.52. The highest BCUT2D eigenvalue weighted by Gasteiger charge is 2.60. The number of rotatable bonds is 0. The van der Waals surface area contributed by atoms with E-state index in [1.807, 2.05) is 0 Å². The largest absolute Gasteiger partial charge is 0.465 e. The van der Waals surface area contributed by atoms with Crippen molar-refractivity contribution in [2.45, 2.75) is 19.8 Å². The van der Waals surface area contributed by atoms with Gasteiger partial charge in [0.1, 0.15) is 0 Å². The third-order valence-corrected chi connectivity index (χ3v) is 2.64. The summed E-state index contributed by atoms with van der Waals surface area (Å²) >= 11 is 0. The molecule has 1 heterocycles. The molecule has 9 heavy (non-hydrogen) atoms. The molecule has 2 rings (SSSR count). The third-order valence-electron chi connectivity index (χ3n) is 2.64. The second kappa shape index (κ2) is 1.31. The first-order valence-corrected chi connectivity index (χ1v) is 3.43. The number of cyclic esters (lactones) is 1. The van der Waals surface area contributed by atoms with E-state index in [4.69, 9.17) is 4.74 Å². The summed E-state index contributed by atoms with van der Waals surface area (Å²) in [7, 11) is 0. The molecular formula is C7H10O2. The van der Waals surface area contributed by atoms with Crippen LogP contribution in [0.3, 0.4) is 0 Å². The van der Waals surface area contributed by atoms with Crippen molar-refractivity contribution in [3.8, 4) is 0 Å². The molecular weight excluding hydrogens is 116 g/mol. The van der Waals surface area contributed by atoms with Gasteiger partial charge >= 0.3 is 5.97 Å². The van der Waals surface area contributed by atoms with Crippen molar-refractivity contribution in [2.75, 3.05) is 6.61 Å². The summed E-state index contributed by atoms with van der Waals surface area (Å²) in [5, 5.41) is 0. The predicted molar refractivity (Wildman–Crippen MR) is 31.8 cm³/mol. The van der Waals surface area contributed by atoms with Gasteiger partial charge in [-0.05, 0) is 18.8 Å². The molecule has 2 aliphatic rings. The lowest BCUT2D eigenvalue weighted by Crippen LogP contribution is -2.09. The Labute approximate surface area is 54.2 Å². The number of esters is 1. The van der Waals surface area contributed by atoms with E-state index in [1.54, 1.807) is 0 Å². The lowest BCUT2D eigenvalue weighted by molar-refractivity contribution is -0.142. The summed E-state index contributed by atoms with van der Waals surface area (Å²) in [6, 6.07) is 0. The van der Waals surface area contributed by atoms with E-state index in [-0.39, 0.29) is 11.4 Å². The Morgan fingerprint density at radius 3 is 2.67 bits per heavy atom. The molecule has 2 heteroatoms. The molecule has 0 bridgehead atoms. The van der Waals surface area contributed by atoms with Crippen LogP contribution in [0.15, 0.2) is 0 Å². The first-order valence-electron chi connectivity index (χ1n) is 3.43. The lowest BCUT2D eigenvalue weighted by Gasteiger charge is -1.97. The zero-order chi connectivity index (χ0) is 6.48. The molecule has 0 N–H and O–H groups in total. The van der Waals surface area contributed by atoms with E-state index in [1.165, 1.54) is 0 Å². The van der Waals surface area contributed by atoms with Gasteiger partial charge in [0, 0.05) is 0 Å². The standard InChI is InChI=1S/C7H10O2/c1-5-4-7(5)2-3-9-6(7)8/h5H,2-4H2,1H3/t5-,7?/m0/s1. The number of carbonyl (C=O) groups is 1. The van der Waals surface area contributed by atoms with E-state index >= 15 is 0 Å². The molecule has 50 valence electrons. The maximum atomic E-state index is 10.9. The summed E-state index contributed by atoms with van der Waals surface area (Å²) in [6.07, 6.45) is 2.03. The summed E-state index contributed by atoms with van der Waals surface area (Å²) in [5.74, 6) is 0.641. The normalized spacial score (nSPS) is 47.7. The quantitative estimate of drug-likeness (QED) is 0.452. The van der Waals surface area contributed by atoms with Crippen LogP contribution in [0, 0.1) is 11.3 Å². The molecule has 1 spiro atoms. The average molecular weight is 126 g/mol. The Hall–Kier alpha value is -0.530. The molecule has 0 aromatic rings. The Morgan fingerprint density at radius 2 is 2.44 bits per heavy atom. The van der Waals surface area contributed by atoms with Crippen LogP contribution in [0.4, 0.5) is 0 Å². The van der Waals surface area contributed by atoms with Crippen molar-refractivity contribution in [2.24, 2.45) is 11.3 Å². The fourth-order valence-electron chi connectivity index (χ4n) is 1.69. The van der Waals surface area contributed by atoms with Crippen molar-refractivity contribution < 1.29 is 9.53 Å². The van der Waals surface area contributed by atoms with Crippen LogP contribution in [0.2, 0.25) is 0 Å². The minimum absolute atomic E-state index is 0. The number of hydrogen-bond acceptors (Lipinski definition) is 2. The van der Waals surface area contributed by atoms with Crippen molar-refractivity contribution in [1.82, 2.24) is 0 Å². The van der Waals surface area contributed by atoms with Crippen LogP contribution in [-0.2, 0) is 9.53 Å². The molecule has 0 aromatic heterocycles. The number of ether oxygens (including phenoxy) is 1. The molecule has 1 aliphatic carbocycles. The Balaban J connectivity index is 2.21. The van der Waals surface area contributed by atoms with E-state index in [0.29, 0.717) is 12.5 Å². The highest BCUT2D eigenvalue weighted by molar-refractivity contribution is 5.82. The van der Waals surface area contributed by atoms with Crippen LogP contribution < -0.4 is 0 Å². The van der Waals surface area contributed by atoms with Gasteiger partial charge in [0.05, 0.1) is 12.0 Å². The molecule has 0 amide bonds. The van der Waals surface area contributed by atoms with E-state index < -0.39 is 0 Å². The first-order chi connectivity index (χ1) is 4.26. The molecule has 0 aromatic carbocycles. The van der Waals surface area contributed by atoms with Crippen molar-refractivity contribution in [1.29, 1.82) is 0 Å². The van der Waals surface area contributed by atoms with Gasteiger partial charge in [-0.15, -0.1) is 0 Å². The fourth-order valence-corrected chi connectivity index (χ4v) is 1.69. The summed E-state index contributed by atoms with van der Waals surface area (Å²) in [6.45, 7) is 2.77. The number of hydrogen-bond donors (Lipinski definition) is 0. The van der Waals surface area contributed by atoms with E-state index in [9.17, 15) is 4.79 Å². The Kier molecular flexibility index (Phi) is 0.765. The zero-order valence-electron chi connectivity index (χ0n) is 5.52. The van der Waals surface area contributed by atoms with Gasteiger partial charge in [0.15, 0.2) is 0 Å². The highest BCUT2D eigenvalue weighted by Crippen LogP contribution is 2.58. The number of carbonyl (C=O) groups excluding carboxylic acids is 1. The second-order valence-electron chi connectivity index (χ2n) is 3.15. The van der Waals surface area contributed by atoms with Gasteiger partial charge in [0.25, 0.3) is 0 Å². The molecule has 0 radical (unpaired) electrons. The van der Waals surface area contributed by atoms with Crippen LogP contribution in [0.5, 0.6) is 0 Å². The molecule has 1 unspecified atom stereocenters. The predicted octanol–water partition coefficient (Wildman–Crippen LogP) is 0.960. The van der Waals surface area contributed by atoms with E-state index in [0.717, 1.165) is 12.8 Å².